The zero-order valence-electron chi connectivity index (χ0n) is 16.0. The Morgan fingerprint density at radius 2 is 1.27 bits per heavy atom. The van der Waals surface area contributed by atoms with Gasteiger partial charge in [-0.1, -0.05) is 0 Å². The number of aromatic hydroxyl groups is 1. The monoisotopic (exact) mass is 518 g/mol. The van der Waals surface area contributed by atoms with Crippen molar-refractivity contribution in [1.82, 2.24) is 0 Å². The Bertz CT molecular complexity index is 1650. The zero-order chi connectivity index (χ0) is 24.9. The van der Waals surface area contributed by atoms with Crippen molar-refractivity contribution in [3.63, 3.8) is 0 Å². The van der Waals surface area contributed by atoms with Gasteiger partial charge in [-0.2, -0.15) is 30.4 Å². The number of benzene rings is 3. The molecule has 0 aliphatic rings. The van der Waals surface area contributed by atoms with Crippen LogP contribution in [0, 0.1) is 0 Å². The minimum atomic E-state index is -5.56. The lowest BCUT2D eigenvalue weighted by Crippen LogP contribution is -2.11. The van der Waals surface area contributed by atoms with E-state index in [1.807, 2.05) is 0 Å². The minimum Gasteiger partial charge on any atom is -0.505 e. The molecule has 0 spiro atoms. The molecule has 0 unspecified atom stereocenters. The average Bonchev–Trinajstić information content (AvgIpc) is 2.65. The van der Waals surface area contributed by atoms with Crippen molar-refractivity contribution in [3.05, 3.63) is 36.4 Å². The second-order valence-electron chi connectivity index (χ2n) is 6.51. The summed E-state index contributed by atoms with van der Waals surface area (Å²) in [6.07, 6.45) is 0. The van der Waals surface area contributed by atoms with Crippen LogP contribution >= 0.6 is 0 Å². The Labute approximate surface area is 186 Å². The maximum atomic E-state index is 12.1. The first-order valence-electron chi connectivity index (χ1n) is 8.33. The first kappa shape index (κ1) is 24.3. The molecule has 0 aromatic heterocycles. The van der Waals surface area contributed by atoms with Crippen molar-refractivity contribution < 1.29 is 44.0 Å². The summed E-state index contributed by atoms with van der Waals surface area (Å²) in [7, 11) is -16.1. The molecule has 3 aromatic carbocycles. The number of fused-ring (bicyclic) bond motifs is 1. The van der Waals surface area contributed by atoms with Gasteiger partial charge in [0.2, 0.25) is 0 Å². The molecule has 3 aromatic rings. The summed E-state index contributed by atoms with van der Waals surface area (Å²) in [5.74, 6) is -1.12. The largest absolute Gasteiger partial charge is 0.505 e. The second-order valence-corrected chi connectivity index (χ2v) is 10.6. The van der Waals surface area contributed by atoms with E-state index in [1.54, 1.807) is 0 Å². The van der Waals surface area contributed by atoms with Crippen LogP contribution in [0.3, 0.4) is 0 Å². The highest BCUT2D eigenvalue weighted by molar-refractivity contribution is 7.89. The number of nitrogens with two attached hydrogens (primary N) is 2. The van der Waals surface area contributed by atoms with Crippen molar-refractivity contribution >= 4 is 63.9 Å². The van der Waals surface area contributed by atoms with Gasteiger partial charge in [-0.15, -0.1) is 5.11 Å². The first-order valence-corrected chi connectivity index (χ1v) is 12.7. The normalized spacial score (nSPS) is 13.1. The van der Waals surface area contributed by atoms with Crippen molar-refractivity contribution in [2.45, 2.75) is 14.7 Å². The van der Waals surface area contributed by atoms with Gasteiger partial charge in [0, 0.05) is 16.8 Å². The predicted molar refractivity (Wildman–Crippen MR) is 114 cm³/mol. The maximum Gasteiger partial charge on any atom is 0.298 e. The van der Waals surface area contributed by atoms with E-state index in [-0.39, 0.29) is 5.69 Å². The van der Waals surface area contributed by atoms with Gasteiger partial charge in [0.1, 0.15) is 9.79 Å². The Morgan fingerprint density at radius 1 is 0.727 bits per heavy atom. The third kappa shape index (κ3) is 4.72. The van der Waals surface area contributed by atoms with Crippen molar-refractivity contribution in [1.29, 1.82) is 0 Å². The summed E-state index contributed by atoms with van der Waals surface area (Å²) in [6.45, 7) is 0. The van der Waals surface area contributed by atoms with E-state index in [4.69, 9.17) is 11.5 Å². The fourth-order valence-electron chi connectivity index (χ4n) is 2.92. The van der Waals surface area contributed by atoms with Crippen LogP contribution in [-0.2, 0) is 30.4 Å². The molecule has 3 rings (SSSR count). The minimum absolute atomic E-state index is 0.0630. The highest BCUT2D eigenvalue weighted by atomic mass is 32.2. The van der Waals surface area contributed by atoms with Gasteiger partial charge < -0.3 is 16.6 Å². The molecule has 0 aliphatic carbocycles. The predicted octanol–water partition coefficient (Wildman–Crippen LogP) is 1.87. The van der Waals surface area contributed by atoms with Crippen LogP contribution in [0.25, 0.3) is 10.8 Å². The molecule has 0 aliphatic heterocycles. The van der Waals surface area contributed by atoms with E-state index in [2.05, 4.69) is 10.2 Å². The Balaban J connectivity index is 2.59. The van der Waals surface area contributed by atoms with Crippen LogP contribution in [0.1, 0.15) is 0 Å². The molecular weight excluding hydrogens is 504 g/mol. The number of rotatable bonds is 5. The zero-order valence-corrected chi connectivity index (χ0v) is 18.4. The smallest absolute Gasteiger partial charge is 0.298 e. The Hall–Kier alpha value is -3.35. The van der Waals surface area contributed by atoms with Crippen molar-refractivity contribution in [2.24, 2.45) is 10.2 Å². The number of hydrogen-bond acceptors (Lipinski definition) is 11. The molecular formula is C16H14N4O10S3. The number of phenols is 1. The lowest BCUT2D eigenvalue weighted by Gasteiger charge is -2.15. The number of azo groups is 1. The quantitative estimate of drug-likeness (QED) is 0.161. The van der Waals surface area contributed by atoms with E-state index in [1.165, 1.54) is 24.3 Å². The van der Waals surface area contributed by atoms with Gasteiger partial charge in [0.15, 0.2) is 11.4 Å². The number of phenolic OH excluding ortho intramolecular Hbond substituents is 1. The van der Waals surface area contributed by atoms with E-state index >= 15 is 0 Å². The number of anilines is 2. The van der Waals surface area contributed by atoms with Gasteiger partial charge in [0.05, 0.1) is 16.0 Å². The number of hydrogen-bond donors (Lipinski definition) is 6. The third-order valence-corrected chi connectivity index (χ3v) is 7.06. The molecule has 33 heavy (non-hydrogen) atoms. The summed E-state index contributed by atoms with van der Waals surface area (Å²) in [6, 6.07) is 6.53. The summed E-state index contributed by atoms with van der Waals surface area (Å²) < 4.78 is 100. The standard InChI is InChI=1S/C16H14N4O10S3/c17-7-1-3-8(4-2-7)19-20-13-14(21)12-10(5-9(6-11(12)18)31(22,23)24)15(32(25,26)27)16(13)33(28,29)30/h1-6,21H,17-18H2,(H,22,23,24)(H,25,26,27)(H,28,29,30). The van der Waals surface area contributed by atoms with Crippen LogP contribution in [0.4, 0.5) is 22.7 Å². The highest BCUT2D eigenvalue weighted by Crippen LogP contribution is 2.48. The van der Waals surface area contributed by atoms with E-state index in [9.17, 15) is 44.0 Å². The van der Waals surface area contributed by atoms with Crippen molar-refractivity contribution in [3.8, 4) is 5.75 Å². The van der Waals surface area contributed by atoms with Crippen molar-refractivity contribution in [2.75, 3.05) is 11.5 Å². The van der Waals surface area contributed by atoms with Crippen LogP contribution < -0.4 is 11.5 Å². The molecule has 0 radical (unpaired) electrons. The third-order valence-electron chi connectivity index (χ3n) is 4.24. The molecule has 14 nitrogen and oxygen atoms in total. The molecule has 0 heterocycles. The van der Waals surface area contributed by atoms with E-state index in [0.717, 1.165) is 0 Å². The molecule has 8 N–H and O–H groups in total. The molecule has 0 atom stereocenters. The lowest BCUT2D eigenvalue weighted by molar-refractivity contribution is 0.461. The Kier molecular flexibility index (Phi) is 5.82. The molecule has 0 fully saturated rings. The van der Waals surface area contributed by atoms with Gasteiger partial charge in [-0.3, -0.25) is 13.7 Å². The maximum absolute atomic E-state index is 12.1. The number of nitrogen functional groups attached to an aromatic ring is 2. The Morgan fingerprint density at radius 3 is 1.76 bits per heavy atom. The molecule has 0 saturated heterocycles. The van der Waals surface area contributed by atoms with E-state index < -0.39 is 72.9 Å². The molecule has 17 heteroatoms. The van der Waals surface area contributed by atoms with Crippen LogP contribution in [0.2, 0.25) is 0 Å². The topological polar surface area (TPSA) is 260 Å². The lowest BCUT2D eigenvalue weighted by atomic mass is 10.1. The second kappa shape index (κ2) is 7.90. The molecule has 176 valence electrons. The van der Waals surface area contributed by atoms with Gasteiger partial charge in [-0.25, -0.2) is 0 Å². The SMILES string of the molecule is Nc1ccc(N=Nc2c(S(=O)(=O)O)c(S(=O)(=O)O)c3cc(S(=O)(=O)O)cc(N)c3c2O)cc1. The average molecular weight is 519 g/mol. The molecule has 0 amide bonds. The summed E-state index contributed by atoms with van der Waals surface area (Å²) in [5.41, 5.74) is 9.88. The highest BCUT2D eigenvalue weighted by Gasteiger charge is 2.35. The fraction of sp³-hybridized carbons (Fsp3) is 0. The number of nitrogens with zero attached hydrogens (tertiary/aromatic N) is 2. The molecule has 0 bridgehead atoms. The van der Waals surface area contributed by atoms with E-state index in [0.29, 0.717) is 17.8 Å². The summed E-state index contributed by atoms with van der Waals surface area (Å²) >= 11 is 0. The van der Waals surface area contributed by atoms with Gasteiger partial charge in [-0.05, 0) is 36.4 Å². The molecule has 0 saturated carbocycles. The van der Waals surface area contributed by atoms with Gasteiger partial charge >= 0.3 is 0 Å². The fourth-order valence-corrected chi connectivity index (χ4v) is 5.59. The first-order chi connectivity index (χ1) is 15.0. The summed E-state index contributed by atoms with van der Waals surface area (Å²) in [5, 5.41) is 16.2. The summed E-state index contributed by atoms with van der Waals surface area (Å²) in [4.78, 5) is -4.16. The van der Waals surface area contributed by atoms with Crippen LogP contribution in [0.15, 0.2) is 61.3 Å². The van der Waals surface area contributed by atoms with Crippen LogP contribution in [-0.4, -0.2) is 44.0 Å². The van der Waals surface area contributed by atoms with Crippen LogP contribution in [0.5, 0.6) is 5.75 Å². The van der Waals surface area contributed by atoms with Gasteiger partial charge in [0.25, 0.3) is 30.4 Å².